The molecule has 0 heterocycles. The Balaban J connectivity index is 2.11. The highest BCUT2D eigenvalue weighted by atomic mass is 19.4. The number of hydrogen-bond donors (Lipinski definition) is 1. The number of alkyl halides is 3. The molecule has 1 aromatic rings. The van der Waals surface area contributed by atoms with Gasteiger partial charge in [0, 0.05) is 0 Å². The monoisotopic (exact) mass is 258 g/mol. The maximum atomic E-state index is 12.6. The topological polar surface area (TPSA) is 20.2 Å². The van der Waals surface area contributed by atoms with Crippen molar-refractivity contribution in [2.24, 2.45) is 11.8 Å². The van der Waals surface area contributed by atoms with Gasteiger partial charge in [0.05, 0.1) is 11.7 Å². The van der Waals surface area contributed by atoms with Gasteiger partial charge in [0.15, 0.2) is 0 Å². The summed E-state index contributed by atoms with van der Waals surface area (Å²) in [6.45, 7) is 1.97. The Bertz CT molecular complexity index is 414. The van der Waals surface area contributed by atoms with Crippen LogP contribution in [0, 0.1) is 11.8 Å². The largest absolute Gasteiger partial charge is 0.416 e. The van der Waals surface area contributed by atoms with E-state index < -0.39 is 11.7 Å². The molecule has 0 aromatic heterocycles. The number of aliphatic hydroxyl groups is 1. The first-order chi connectivity index (χ1) is 8.38. The summed E-state index contributed by atoms with van der Waals surface area (Å²) in [5, 5.41) is 9.65. The van der Waals surface area contributed by atoms with Crippen LogP contribution in [-0.4, -0.2) is 11.2 Å². The predicted molar refractivity (Wildman–Crippen MR) is 63.0 cm³/mol. The molecule has 4 heteroatoms. The van der Waals surface area contributed by atoms with Crippen LogP contribution >= 0.6 is 0 Å². The normalized spacial score (nSPS) is 28.6. The van der Waals surface area contributed by atoms with E-state index in [1.54, 1.807) is 6.07 Å². The van der Waals surface area contributed by atoms with E-state index in [1.165, 1.54) is 12.1 Å². The highest BCUT2D eigenvalue weighted by Crippen LogP contribution is 2.35. The van der Waals surface area contributed by atoms with Gasteiger partial charge in [-0.1, -0.05) is 25.1 Å². The molecule has 1 fully saturated rings. The molecule has 0 radical (unpaired) electrons. The van der Waals surface area contributed by atoms with Gasteiger partial charge in [-0.05, 0) is 42.7 Å². The van der Waals surface area contributed by atoms with E-state index >= 15 is 0 Å². The lowest BCUT2D eigenvalue weighted by Gasteiger charge is -2.18. The van der Waals surface area contributed by atoms with E-state index in [0.717, 1.165) is 18.9 Å². The maximum Gasteiger partial charge on any atom is 0.416 e. The SMILES string of the molecule is CC1C(O)CCC1Cc1cccc(C(F)(F)F)c1. The lowest BCUT2D eigenvalue weighted by molar-refractivity contribution is -0.137. The summed E-state index contributed by atoms with van der Waals surface area (Å²) < 4.78 is 37.7. The molecule has 100 valence electrons. The predicted octanol–water partition coefficient (Wildman–Crippen LogP) is 3.65. The highest BCUT2D eigenvalue weighted by Gasteiger charge is 2.33. The molecule has 0 amide bonds. The number of halogens is 3. The lowest BCUT2D eigenvalue weighted by atomic mass is 9.90. The van der Waals surface area contributed by atoms with Gasteiger partial charge in [-0.3, -0.25) is 0 Å². The summed E-state index contributed by atoms with van der Waals surface area (Å²) in [4.78, 5) is 0. The van der Waals surface area contributed by atoms with Crippen LogP contribution in [0.1, 0.15) is 30.9 Å². The van der Waals surface area contributed by atoms with Gasteiger partial charge in [-0.15, -0.1) is 0 Å². The van der Waals surface area contributed by atoms with Crippen molar-refractivity contribution in [1.82, 2.24) is 0 Å². The summed E-state index contributed by atoms with van der Waals surface area (Å²) in [5.74, 6) is 0.447. The van der Waals surface area contributed by atoms with Gasteiger partial charge < -0.3 is 5.11 Å². The molecule has 3 atom stereocenters. The van der Waals surface area contributed by atoms with Gasteiger partial charge in [0.25, 0.3) is 0 Å². The maximum absolute atomic E-state index is 12.6. The molecule has 1 saturated carbocycles. The van der Waals surface area contributed by atoms with Crippen molar-refractivity contribution in [1.29, 1.82) is 0 Å². The third-order valence-corrected chi connectivity index (χ3v) is 3.94. The van der Waals surface area contributed by atoms with Gasteiger partial charge in [-0.25, -0.2) is 0 Å². The number of hydrogen-bond acceptors (Lipinski definition) is 1. The van der Waals surface area contributed by atoms with Crippen molar-refractivity contribution in [2.75, 3.05) is 0 Å². The summed E-state index contributed by atoms with van der Waals surface area (Å²) in [6, 6.07) is 5.49. The average molecular weight is 258 g/mol. The first-order valence-corrected chi connectivity index (χ1v) is 6.22. The molecule has 18 heavy (non-hydrogen) atoms. The van der Waals surface area contributed by atoms with E-state index in [9.17, 15) is 18.3 Å². The van der Waals surface area contributed by atoms with Crippen LogP contribution in [0.25, 0.3) is 0 Å². The Labute approximate surface area is 105 Å². The molecule has 1 aliphatic rings. The van der Waals surface area contributed by atoms with Crippen LogP contribution in [0.3, 0.4) is 0 Å². The number of benzene rings is 1. The second-order valence-electron chi connectivity index (χ2n) is 5.17. The Morgan fingerprint density at radius 2 is 2.00 bits per heavy atom. The summed E-state index contributed by atoms with van der Waals surface area (Å²) in [7, 11) is 0. The molecule has 3 unspecified atom stereocenters. The fourth-order valence-corrected chi connectivity index (χ4v) is 2.69. The molecule has 0 bridgehead atoms. The van der Waals surface area contributed by atoms with Crippen LogP contribution in [0.4, 0.5) is 13.2 Å². The van der Waals surface area contributed by atoms with Crippen molar-refractivity contribution in [2.45, 2.75) is 38.5 Å². The van der Waals surface area contributed by atoms with Crippen molar-refractivity contribution in [3.05, 3.63) is 35.4 Å². The van der Waals surface area contributed by atoms with Gasteiger partial charge in [-0.2, -0.15) is 13.2 Å². The van der Waals surface area contributed by atoms with Crippen LogP contribution in [0.5, 0.6) is 0 Å². The van der Waals surface area contributed by atoms with Crippen LogP contribution in [-0.2, 0) is 12.6 Å². The molecule has 1 nitrogen and oxygen atoms in total. The second kappa shape index (κ2) is 4.92. The first-order valence-electron chi connectivity index (χ1n) is 6.22. The quantitative estimate of drug-likeness (QED) is 0.858. The zero-order valence-electron chi connectivity index (χ0n) is 10.2. The second-order valence-corrected chi connectivity index (χ2v) is 5.17. The van der Waals surface area contributed by atoms with E-state index in [1.807, 2.05) is 6.92 Å². The molecule has 0 saturated heterocycles. The zero-order valence-corrected chi connectivity index (χ0v) is 10.2. The van der Waals surface area contributed by atoms with E-state index in [-0.39, 0.29) is 17.9 Å². The van der Waals surface area contributed by atoms with Gasteiger partial charge in [0.2, 0.25) is 0 Å². The minimum absolute atomic E-state index is 0.166. The summed E-state index contributed by atoms with van der Waals surface area (Å²) in [6.07, 6.45) is -2.33. The molecular weight excluding hydrogens is 241 g/mol. The molecule has 2 rings (SSSR count). The number of rotatable bonds is 2. The Morgan fingerprint density at radius 3 is 2.56 bits per heavy atom. The van der Waals surface area contributed by atoms with Gasteiger partial charge in [0.1, 0.15) is 0 Å². The molecule has 1 N–H and O–H groups in total. The van der Waals surface area contributed by atoms with E-state index in [4.69, 9.17) is 0 Å². The van der Waals surface area contributed by atoms with Crippen molar-refractivity contribution in [3.8, 4) is 0 Å². The Hall–Kier alpha value is -1.03. The molecular formula is C14H17F3O. The first kappa shape index (κ1) is 13.4. The van der Waals surface area contributed by atoms with Crippen molar-refractivity contribution < 1.29 is 18.3 Å². The van der Waals surface area contributed by atoms with Crippen LogP contribution in [0.2, 0.25) is 0 Å². The molecule has 1 aromatic carbocycles. The Morgan fingerprint density at radius 1 is 1.28 bits per heavy atom. The fourth-order valence-electron chi connectivity index (χ4n) is 2.69. The third kappa shape index (κ3) is 2.86. The molecule has 0 spiro atoms. The van der Waals surface area contributed by atoms with E-state index in [0.29, 0.717) is 12.0 Å². The Kier molecular flexibility index (Phi) is 3.66. The molecule has 0 aliphatic heterocycles. The van der Waals surface area contributed by atoms with Crippen molar-refractivity contribution >= 4 is 0 Å². The zero-order chi connectivity index (χ0) is 13.3. The van der Waals surface area contributed by atoms with Crippen LogP contribution in [0.15, 0.2) is 24.3 Å². The van der Waals surface area contributed by atoms with E-state index in [2.05, 4.69) is 0 Å². The standard InChI is InChI=1S/C14H17F3O/c1-9-11(5-6-13(9)18)7-10-3-2-4-12(8-10)14(15,16)17/h2-4,8-9,11,13,18H,5-7H2,1H3. The lowest BCUT2D eigenvalue weighted by Crippen LogP contribution is -2.17. The summed E-state index contributed by atoms with van der Waals surface area (Å²) >= 11 is 0. The summed E-state index contributed by atoms with van der Waals surface area (Å²) in [5.41, 5.74) is 0.113. The smallest absolute Gasteiger partial charge is 0.393 e. The fraction of sp³-hybridized carbons (Fsp3) is 0.571. The van der Waals surface area contributed by atoms with Crippen LogP contribution < -0.4 is 0 Å². The van der Waals surface area contributed by atoms with Crippen molar-refractivity contribution in [3.63, 3.8) is 0 Å². The minimum atomic E-state index is -4.28. The molecule has 1 aliphatic carbocycles. The highest BCUT2D eigenvalue weighted by molar-refractivity contribution is 5.26. The van der Waals surface area contributed by atoms with Gasteiger partial charge >= 0.3 is 6.18 Å². The third-order valence-electron chi connectivity index (χ3n) is 3.94. The average Bonchev–Trinajstić information content (AvgIpc) is 2.60. The number of aliphatic hydroxyl groups excluding tert-OH is 1. The minimum Gasteiger partial charge on any atom is -0.393 e.